The van der Waals surface area contributed by atoms with Gasteiger partial charge in [0.15, 0.2) is 5.52 Å². The second-order valence-corrected chi connectivity index (χ2v) is 5.74. The number of pyridine rings is 1. The summed E-state index contributed by atoms with van der Waals surface area (Å²) in [5, 5.41) is 17.3. The Morgan fingerprint density at radius 1 is 1.14 bits per heavy atom. The highest BCUT2D eigenvalue weighted by Gasteiger charge is 2.51. The number of benzene rings is 1. The van der Waals surface area contributed by atoms with Gasteiger partial charge in [0.05, 0.1) is 5.56 Å². The fourth-order valence-electron chi connectivity index (χ4n) is 2.51. The molecule has 1 aliphatic heterocycles. The van der Waals surface area contributed by atoms with E-state index in [1.807, 2.05) is 42.5 Å². The van der Waals surface area contributed by atoms with E-state index in [4.69, 9.17) is 0 Å². The van der Waals surface area contributed by atoms with Crippen LogP contribution in [0.1, 0.15) is 5.56 Å². The highest BCUT2D eigenvalue weighted by atomic mass is 79.9. The van der Waals surface area contributed by atoms with E-state index in [2.05, 4.69) is 10.1 Å². The number of nitrogens with zero attached hydrogens (tertiary/aromatic N) is 3. The van der Waals surface area contributed by atoms with Gasteiger partial charge in [0, 0.05) is 11.6 Å². The molecule has 0 saturated heterocycles. The lowest BCUT2D eigenvalue weighted by Crippen LogP contribution is -3.00. The van der Waals surface area contributed by atoms with Gasteiger partial charge >= 0.3 is 5.72 Å². The molecule has 0 saturated carbocycles. The Bertz CT molecular complexity index is 799. The summed E-state index contributed by atoms with van der Waals surface area (Å²) in [4.78, 5) is 4.42. The van der Waals surface area contributed by atoms with Gasteiger partial charge in [-0.25, -0.2) is 4.98 Å². The van der Waals surface area contributed by atoms with Crippen LogP contribution in [0, 0.1) is 0 Å². The van der Waals surface area contributed by atoms with Crippen molar-refractivity contribution in [2.45, 2.75) is 10.8 Å². The topological polar surface area (TPSA) is 49.9 Å². The molecular weight excluding hydrogens is 350 g/mol. The molecule has 106 valence electrons. The molecule has 1 N–H and O–H groups in total. The second kappa shape index (κ2) is 5.36. The number of hydrogen-bond acceptors (Lipinski definition) is 4. The number of halogens is 1. The van der Waals surface area contributed by atoms with Crippen molar-refractivity contribution in [1.82, 2.24) is 10.1 Å². The molecular formula is C15H12BrN3OS. The Balaban J connectivity index is 0.00000132. The van der Waals surface area contributed by atoms with E-state index in [-0.39, 0.29) is 17.0 Å². The lowest BCUT2D eigenvalue weighted by atomic mass is 10.1. The molecule has 0 fully saturated rings. The lowest BCUT2D eigenvalue weighted by Gasteiger charge is -2.14. The maximum absolute atomic E-state index is 11.0. The average Bonchev–Trinajstić information content (AvgIpc) is 2.87. The smallest absolute Gasteiger partial charge is 0.332 e. The van der Waals surface area contributed by atoms with E-state index < -0.39 is 5.72 Å². The quantitative estimate of drug-likeness (QED) is 0.548. The molecule has 1 unspecified atom stereocenters. The SMILES string of the molecule is OC1(c2ccccc2)CSc2c3ncccc3cn[n+]21.[Br-]. The van der Waals surface area contributed by atoms with Crippen LogP contribution in [0.25, 0.3) is 10.9 Å². The highest BCUT2D eigenvalue weighted by molar-refractivity contribution is 7.99. The third-order valence-electron chi connectivity index (χ3n) is 3.54. The van der Waals surface area contributed by atoms with Crippen molar-refractivity contribution in [1.29, 1.82) is 0 Å². The molecule has 0 radical (unpaired) electrons. The van der Waals surface area contributed by atoms with Gasteiger partial charge in [0.25, 0.3) is 5.03 Å². The lowest BCUT2D eigenvalue weighted by molar-refractivity contribution is -0.859. The molecule has 0 bridgehead atoms. The van der Waals surface area contributed by atoms with Crippen molar-refractivity contribution in [3.05, 3.63) is 60.4 Å². The Morgan fingerprint density at radius 2 is 1.95 bits per heavy atom. The Hall–Kier alpha value is -1.50. The molecule has 3 heterocycles. The molecule has 2 aromatic heterocycles. The van der Waals surface area contributed by atoms with Gasteiger partial charge in [-0.2, -0.15) is 0 Å². The van der Waals surface area contributed by atoms with Crippen LogP contribution in [0.15, 0.2) is 59.9 Å². The third-order valence-corrected chi connectivity index (χ3v) is 4.73. The van der Waals surface area contributed by atoms with Crippen molar-refractivity contribution in [2.24, 2.45) is 0 Å². The molecule has 0 amide bonds. The molecule has 0 spiro atoms. The van der Waals surface area contributed by atoms with E-state index in [0.717, 1.165) is 21.5 Å². The summed E-state index contributed by atoms with van der Waals surface area (Å²) in [6.45, 7) is 0. The molecule has 4 rings (SSSR count). The standard InChI is InChI=1S/C15H12N3OS.BrH/c19-15(12-6-2-1-3-7-12)10-20-14-13-11(5-4-8-16-13)9-17-18(14)15;/h1-9,19H,10H2;1H/q+1;/p-1. The van der Waals surface area contributed by atoms with Crippen LogP contribution in [-0.4, -0.2) is 20.9 Å². The number of fused-ring (bicyclic) bond motifs is 3. The molecule has 21 heavy (non-hydrogen) atoms. The zero-order valence-electron chi connectivity index (χ0n) is 11.0. The minimum absolute atomic E-state index is 0. The first kappa shape index (κ1) is 14.4. The minimum atomic E-state index is -1.10. The normalized spacial score (nSPS) is 20.0. The van der Waals surface area contributed by atoms with Gasteiger partial charge in [-0.3, -0.25) is 0 Å². The number of aliphatic hydroxyl groups is 1. The predicted octanol–water partition coefficient (Wildman–Crippen LogP) is -1.28. The molecule has 1 atom stereocenters. The monoisotopic (exact) mass is 361 g/mol. The third kappa shape index (κ3) is 2.14. The highest BCUT2D eigenvalue weighted by Crippen LogP contribution is 2.35. The largest absolute Gasteiger partial charge is 1.00 e. The summed E-state index contributed by atoms with van der Waals surface area (Å²) in [7, 11) is 0. The fraction of sp³-hybridized carbons (Fsp3) is 0.133. The first-order chi connectivity index (χ1) is 9.79. The zero-order valence-corrected chi connectivity index (χ0v) is 13.4. The Labute approximate surface area is 136 Å². The maximum Gasteiger partial charge on any atom is 0.332 e. The van der Waals surface area contributed by atoms with Crippen LogP contribution in [0.3, 0.4) is 0 Å². The Morgan fingerprint density at radius 3 is 2.76 bits per heavy atom. The van der Waals surface area contributed by atoms with E-state index >= 15 is 0 Å². The summed E-state index contributed by atoms with van der Waals surface area (Å²) in [5.74, 6) is 0.541. The molecule has 1 aliphatic rings. The fourth-order valence-corrected chi connectivity index (χ4v) is 3.76. The first-order valence-corrected chi connectivity index (χ1v) is 7.35. The molecule has 4 nitrogen and oxygen atoms in total. The first-order valence-electron chi connectivity index (χ1n) is 6.36. The van der Waals surface area contributed by atoms with Gasteiger partial charge in [-0.05, 0) is 45.8 Å². The molecule has 3 aromatic rings. The van der Waals surface area contributed by atoms with Gasteiger partial charge in [0.2, 0.25) is 0 Å². The zero-order chi connectivity index (χ0) is 13.6. The van der Waals surface area contributed by atoms with Crippen LogP contribution in [-0.2, 0) is 5.72 Å². The molecule has 1 aromatic carbocycles. The average molecular weight is 362 g/mol. The van der Waals surface area contributed by atoms with Crippen LogP contribution >= 0.6 is 11.8 Å². The summed E-state index contributed by atoms with van der Waals surface area (Å²) in [6.07, 6.45) is 3.52. The minimum Gasteiger partial charge on any atom is -1.00 e. The summed E-state index contributed by atoms with van der Waals surface area (Å²) >= 11 is 1.59. The number of thioether (sulfide) groups is 1. The number of aromatic nitrogens is 3. The van der Waals surface area contributed by atoms with Crippen molar-refractivity contribution in [3.8, 4) is 0 Å². The predicted molar refractivity (Wildman–Crippen MR) is 76.2 cm³/mol. The van der Waals surface area contributed by atoms with E-state index in [1.165, 1.54) is 0 Å². The van der Waals surface area contributed by atoms with Crippen molar-refractivity contribution < 1.29 is 26.8 Å². The van der Waals surface area contributed by atoms with Crippen LogP contribution in [0.4, 0.5) is 0 Å². The van der Waals surface area contributed by atoms with Crippen LogP contribution in [0.5, 0.6) is 0 Å². The van der Waals surface area contributed by atoms with E-state index in [1.54, 1.807) is 28.8 Å². The van der Waals surface area contributed by atoms with Crippen LogP contribution in [0.2, 0.25) is 0 Å². The Kier molecular flexibility index (Phi) is 3.69. The van der Waals surface area contributed by atoms with Crippen molar-refractivity contribution in [2.75, 3.05) is 5.75 Å². The van der Waals surface area contributed by atoms with Crippen molar-refractivity contribution >= 4 is 22.7 Å². The van der Waals surface area contributed by atoms with Crippen molar-refractivity contribution in [3.63, 3.8) is 0 Å². The summed E-state index contributed by atoms with van der Waals surface area (Å²) < 4.78 is 1.68. The summed E-state index contributed by atoms with van der Waals surface area (Å²) in [6, 6.07) is 13.5. The molecule has 6 heteroatoms. The number of hydrogen-bond donors (Lipinski definition) is 1. The van der Waals surface area contributed by atoms with E-state index in [0.29, 0.717) is 5.75 Å². The maximum atomic E-state index is 11.0. The molecule has 0 aliphatic carbocycles. The van der Waals surface area contributed by atoms with Crippen LogP contribution < -0.4 is 21.7 Å². The van der Waals surface area contributed by atoms with Gasteiger partial charge in [0.1, 0.15) is 11.9 Å². The summed E-state index contributed by atoms with van der Waals surface area (Å²) in [5.41, 5.74) is 0.630. The van der Waals surface area contributed by atoms with Gasteiger partial charge in [-0.15, -0.1) is 0 Å². The van der Waals surface area contributed by atoms with E-state index in [9.17, 15) is 5.11 Å². The number of rotatable bonds is 1. The van der Waals surface area contributed by atoms with Gasteiger partial charge < -0.3 is 22.1 Å². The van der Waals surface area contributed by atoms with Gasteiger partial charge in [-0.1, -0.05) is 18.2 Å². The second-order valence-electron chi connectivity index (χ2n) is 4.77.